The number of piperidine rings is 1. The van der Waals surface area contributed by atoms with Gasteiger partial charge in [0.05, 0.1) is 25.7 Å². The molecule has 2 N–H and O–H groups in total. The number of rotatable bonds is 14. The lowest BCUT2D eigenvalue weighted by molar-refractivity contribution is -0.138. The molecule has 0 bridgehead atoms. The van der Waals surface area contributed by atoms with Crippen LogP contribution in [0.1, 0.15) is 32.3 Å². The Hall–Kier alpha value is -4.28. The lowest BCUT2D eigenvalue weighted by Gasteiger charge is -2.34. The fourth-order valence-electron chi connectivity index (χ4n) is 5.16. The summed E-state index contributed by atoms with van der Waals surface area (Å²) in [6.45, 7) is 6.83. The van der Waals surface area contributed by atoms with Crippen molar-refractivity contribution in [3.05, 3.63) is 90.2 Å². The predicted molar refractivity (Wildman–Crippen MR) is 167 cm³/mol. The van der Waals surface area contributed by atoms with Gasteiger partial charge in [-0.15, -0.1) is 0 Å². The van der Waals surface area contributed by atoms with Crippen molar-refractivity contribution >= 4 is 23.4 Å². The van der Waals surface area contributed by atoms with Gasteiger partial charge in [-0.05, 0) is 87.3 Å². The Labute approximate surface area is 258 Å². The summed E-state index contributed by atoms with van der Waals surface area (Å²) < 4.78 is 24.7. The lowest BCUT2D eigenvalue weighted by atomic mass is 9.96. The molecule has 0 aliphatic carbocycles. The number of benzene rings is 3. The molecule has 2 unspecified atom stereocenters. The molecule has 10 heteroatoms. The summed E-state index contributed by atoms with van der Waals surface area (Å²) in [5, 5.41) is 5.68. The van der Waals surface area contributed by atoms with E-state index < -0.39 is 11.9 Å². The average Bonchev–Trinajstić information content (AvgIpc) is 3.03. The number of anilines is 1. The van der Waals surface area contributed by atoms with Crippen molar-refractivity contribution in [2.24, 2.45) is 5.92 Å². The second-order valence-electron chi connectivity index (χ2n) is 10.8. The van der Waals surface area contributed by atoms with E-state index >= 15 is 0 Å². The van der Waals surface area contributed by atoms with E-state index in [9.17, 15) is 18.8 Å². The van der Waals surface area contributed by atoms with E-state index in [-0.39, 0.29) is 43.3 Å². The molecule has 1 aliphatic rings. The number of nitrogens with zero attached hydrogens (tertiary/aromatic N) is 2. The third kappa shape index (κ3) is 9.89. The van der Waals surface area contributed by atoms with E-state index in [1.807, 2.05) is 54.0 Å². The maximum absolute atomic E-state index is 13.3. The van der Waals surface area contributed by atoms with E-state index in [1.165, 1.54) is 24.3 Å². The van der Waals surface area contributed by atoms with E-state index in [2.05, 4.69) is 10.6 Å². The van der Waals surface area contributed by atoms with Gasteiger partial charge in [0.1, 0.15) is 23.4 Å². The smallest absolute Gasteiger partial charge is 0.249 e. The quantitative estimate of drug-likeness (QED) is 0.273. The summed E-state index contributed by atoms with van der Waals surface area (Å²) in [4.78, 5) is 43.2. The van der Waals surface area contributed by atoms with Gasteiger partial charge in [-0.3, -0.25) is 19.3 Å². The molecule has 0 radical (unpaired) electrons. The zero-order valence-electron chi connectivity index (χ0n) is 25.3. The van der Waals surface area contributed by atoms with Crippen LogP contribution in [0.3, 0.4) is 0 Å². The topological polar surface area (TPSA) is 100 Å². The standard InChI is InChI=1S/C34H41FN4O5/c1-3-39(4-2)34(42)26-11-8-20-38(21-26)22-32(40)37-31(24-43-23-25-9-6-5-7-10-25)33(41)36-28-14-18-30(19-15-28)44-29-16-12-27(35)13-17-29/h5-7,9-10,12-19,26,31H,3-4,8,11,20-24H2,1-2H3,(H,36,41)(H,37,40). The van der Waals surface area contributed by atoms with Crippen LogP contribution in [0.25, 0.3) is 0 Å². The fourth-order valence-corrected chi connectivity index (χ4v) is 5.16. The zero-order valence-corrected chi connectivity index (χ0v) is 25.3. The van der Waals surface area contributed by atoms with Crippen LogP contribution in [0, 0.1) is 11.7 Å². The van der Waals surface area contributed by atoms with Gasteiger partial charge in [-0.1, -0.05) is 30.3 Å². The van der Waals surface area contributed by atoms with Crippen LogP contribution in [-0.2, 0) is 25.7 Å². The molecule has 1 aliphatic heterocycles. The van der Waals surface area contributed by atoms with Crippen LogP contribution in [0.4, 0.5) is 10.1 Å². The number of likely N-dealkylation sites (tertiary alicyclic amines) is 1. The molecule has 3 amide bonds. The van der Waals surface area contributed by atoms with Crippen LogP contribution in [0.15, 0.2) is 78.9 Å². The molecule has 3 aromatic rings. The highest BCUT2D eigenvalue weighted by atomic mass is 19.1. The van der Waals surface area contributed by atoms with Gasteiger partial charge >= 0.3 is 0 Å². The summed E-state index contributed by atoms with van der Waals surface area (Å²) in [6.07, 6.45) is 1.63. The van der Waals surface area contributed by atoms with Crippen LogP contribution in [0.5, 0.6) is 11.5 Å². The summed E-state index contributed by atoms with van der Waals surface area (Å²) in [5.41, 5.74) is 1.46. The third-order valence-electron chi connectivity index (χ3n) is 7.52. The Kier molecular flexibility index (Phi) is 12.3. The summed E-state index contributed by atoms with van der Waals surface area (Å²) in [6, 6.07) is 21.1. The van der Waals surface area contributed by atoms with Crippen molar-refractivity contribution in [1.82, 2.24) is 15.1 Å². The number of carbonyl (C=O) groups is 3. The molecule has 1 heterocycles. The van der Waals surface area contributed by atoms with Gasteiger partial charge < -0.3 is 25.0 Å². The number of amides is 3. The van der Waals surface area contributed by atoms with E-state index in [1.54, 1.807) is 24.3 Å². The molecular weight excluding hydrogens is 563 g/mol. The van der Waals surface area contributed by atoms with E-state index in [4.69, 9.17) is 9.47 Å². The van der Waals surface area contributed by atoms with Crippen LogP contribution in [-0.4, -0.2) is 72.9 Å². The molecule has 0 spiro atoms. The minimum absolute atomic E-state index is 0.0265. The molecule has 44 heavy (non-hydrogen) atoms. The van der Waals surface area contributed by atoms with Crippen LogP contribution >= 0.6 is 0 Å². The number of hydrogen-bond donors (Lipinski definition) is 2. The second-order valence-corrected chi connectivity index (χ2v) is 10.8. The molecule has 4 rings (SSSR count). The molecule has 1 fully saturated rings. The number of halogens is 1. The predicted octanol–water partition coefficient (Wildman–Crippen LogP) is 4.84. The Morgan fingerprint density at radius 1 is 0.955 bits per heavy atom. The first kappa shape index (κ1) is 32.6. The summed E-state index contributed by atoms with van der Waals surface area (Å²) in [5.74, 6) is -0.0981. The molecule has 3 aromatic carbocycles. The highest BCUT2D eigenvalue weighted by molar-refractivity contribution is 5.97. The van der Waals surface area contributed by atoms with Gasteiger partial charge in [0.2, 0.25) is 17.7 Å². The lowest BCUT2D eigenvalue weighted by Crippen LogP contribution is -2.52. The number of carbonyl (C=O) groups excluding carboxylic acids is 3. The second kappa shape index (κ2) is 16.5. The molecular formula is C34H41FN4O5. The third-order valence-corrected chi connectivity index (χ3v) is 7.52. The zero-order chi connectivity index (χ0) is 31.3. The Morgan fingerprint density at radius 3 is 2.27 bits per heavy atom. The normalized spacial score (nSPS) is 15.7. The fraction of sp³-hybridized carbons (Fsp3) is 0.382. The molecule has 0 saturated carbocycles. The maximum Gasteiger partial charge on any atom is 0.249 e. The van der Waals surface area contributed by atoms with Crippen molar-refractivity contribution in [2.75, 3.05) is 44.6 Å². The number of hydrogen-bond acceptors (Lipinski definition) is 6. The molecule has 234 valence electrons. The first-order valence-corrected chi connectivity index (χ1v) is 15.1. The SMILES string of the molecule is CCN(CC)C(=O)C1CCCN(CC(=O)NC(COCc2ccccc2)C(=O)Nc2ccc(Oc3ccc(F)cc3)cc2)C1. The van der Waals surface area contributed by atoms with Crippen molar-refractivity contribution < 1.29 is 28.2 Å². The van der Waals surface area contributed by atoms with Crippen molar-refractivity contribution in [1.29, 1.82) is 0 Å². The van der Waals surface area contributed by atoms with Gasteiger partial charge in [-0.2, -0.15) is 0 Å². The summed E-state index contributed by atoms with van der Waals surface area (Å²) in [7, 11) is 0. The highest BCUT2D eigenvalue weighted by Gasteiger charge is 2.30. The van der Waals surface area contributed by atoms with Crippen molar-refractivity contribution in [2.45, 2.75) is 39.3 Å². The van der Waals surface area contributed by atoms with Gasteiger partial charge in [0.25, 0.3) is 0 Å². The maximum atomic E-state index is 13.3. The van der Waals surface area contributed by atoms with Gasteiger partial charge in [0, 0.05) is 25.3 Å². The number of nitrogens with one attached hydrogen (secondary N) is 2. The minimum atomic E-state index is -0.945. The van der Waals surface area contributed by atoms with Gasteiger partial charge in [0.15, 0.2) is 0 Å². The van der Waals surface area contributed by atoms with Crippen LogP contribution in [0.2, 0.25) is 0 Å². The first-order chi connectivity index (χ1) is 21.3. The minimum Gasteiger partial charge on any atom is -0.457 e. The van der Waals surface area contributed by atoms with Crippen molar-refractivity contribution in [3.8, 4) is 11.5 Å². The van der Waals surface area contributed by atoms with E-state index in [0.29, 0.717) is 43.4 Å². The molecule has 0 aromatic heterocycles. The number of ether oxygens (including phenoxy) is 2. The molecule has 1 saturated heterocycles. The van der Waals surface area contributed by atoms with Gasteiger partial charge in [-0.25, -0.2) is 4.39 Å². The highest BCUT2D eigenvalue weighted by Crippen LogP contribution is 2.23. The summed E-state index contributed by atoms with van der Waals surface area (Å²) >= 11 is 0. The van der Waals surface area contributed by atoms with Crippen LogP contribution < -0.4 is 15.4 Å². The average molecular weight is 605 g/mol. The Bertz CT molecular complexity index is 1350. The first-order valence-electron chi connectivity index (χ1n) is 15.1. The monoisotopic (exact) mass is 604 g/mol. The molecule has 2 atom stereocenters. The Morgan fingerprint density at radius 2 is 1.61 bits per heavy atom. The Balaban J connectivity index is 1.36. The van der Waals surface area contributed by atoms with Crippen molar-refractivity contribution in [3.63, 3.8) is 0 Å². The molecule has 9 nitrogen and oxygen atoms in total. The largest absolute Gasteiger partial charge is 0.457 e. The van der Waals surface area contributed by atoms with E-state index in [0.717, 1.165) is 18.4 Å².